The lowest BCUT2D eigenvalue weighted by Gasteiger charge is -2.17. The molecule has 0 amide bonds. The van der Waals surface area contributed by atoms with Crippen LogP contribution in [-0.2, 0) is 17.8 Å². The first-order valence-electron chi connectivity index (χ1n) is 10.8. The Balaban J connectivity index is 2.03. The Hall–Kier alpha value is -3.29. The van der Waals surface area contributed by atoms with Crippen molar-refractivity contribution in [2.45, 2.75) is 32.8 Å². The van der Waals surface area contributed by atoms with Crippen molar-refractivity contribution >= 4 is 17.7 Å². The number of aliphatic hydroxyl groups is 1. The Morgan fingerprint density at radius 1 is 1.06 bits per heavy atom. The topological polar surface area (TPSA) is 100 Å². The summed E-state index contributed by atoms with van der Waals surface area (Å²) in [6.45, 7) is 3.06. The maximum absolute atomic E-state index is 9.41. The zero-order valence-corrected chi connectivity index (χ0v) is 18.6. The molecule has 0 aliphatic heterocycles. The molecule has 0 aliphatic carbocycles. The number of hydrogen-bond acceptors (Lipinski definition) is 7. The minimum absolute atomic E-state index is 0.144. The molecule has 0 atom stereocenters. The van der Waals surface area contributed by atoms with Crippen molar-refractivity contribution in [3.8, 4) is 17.0 Å². The van der Waals surface area contributed by atoms with E-state index in [9.17, 15) is 5.11 Å². The van der Waals surface area contributed by atoms with Gasteiger partial charge in [0.1, 0.15) is 11.6 Å². The van der Waals surface area contributed by atoms with Crippen molar-refractivity contribution in [3.63, 3.8) is 0 Å². The molecule has 0 aliphatic rings. The van der Waals surface area contributed by atoms with Gasteiger partial charge in [-0.05, 0) is 42.8 Å². The zero-order valence-electron chi connectivity index (χ0n) is 18.6. The lowest BCUT2D eigenvalue weighted by atomic mass is 10.0. The summed E-state index contributed by atoms with van der Waals surface area (Å²) in [6, 6.07) is 15.3. The highest BCUT2D eigenvalue weighted by Crippen LogP contribution is 2.34. The van der Waals surface area contributed by atoms with E-state index in [0.29, 0.717) is 41.7 Å². The third-order valence-electron chi connectivity index (χ3n) is 4.88. The molecule has 7 nitrogen and oxygen atoms in total. The molecule has 168 valence electrons. The third kappa shape index (κ3) is 6.12. The normalized spacial score (nSPS) is 10.7. The summed E-state index contributed by atoms with van der Waals surface area (Å²) in [7, 11) is 1.66. The number of nitrogens with zero attached hydrogens (tertiary/aromatic N) is 2. The quantitative estimate of drug-likeness (QED) is 0.281. The second-order valence-electron chi connectivity index (χ2n) is 7.34. The van der Waals surface area contributed by atoms with E-state index in [1.165, 1.54) is 6.21 Å². The van der Waals surface area contributed by atoms with Gasteiger partial charge in [-0.25, -0.2) is 4.98 Å². The van der Waals surface area contributed by atoms with Crippen molar-refractivity contribution in [1.29, 1.82) is 5.41 Å². The molecule has 7 heteroatoms. The molecular weight excluding hydrogens is 404 g/mol. The van der Waals surface area contributed by atoms with Crippen LogP contribution >= 0.6 is 0 Å². The van der Waals surface area contributed by atoms with E-state index >= 15 is 0 Å². The van der Waals surface area contributed by atoms with Crippen LogP contribution in [-0.4, -0.2) is 41.6 Å². The van der Waals surface area contributed by atoms with Gasteiger partial charge in [0.2, 0.25) is 0 Å². The monoisotopic (exact) mass is 434 g/mol. The van der Waals surface area contributed by atoms with Crippen molar-refractivity contribution in [3.05, 3.63) is 65.5 Å². The molecule has 3 aromatic rings. The van der Waals surface area contributed by atoms with Gasteiger partial charge in [-0.15, -0.1) is 0 Å². The number of benzene rings is 1. The average Bonchev–Trinajstić information content (AvgIpc) is 2.82. The number of hydrogen-bond donors (Lipinski definition) is 3. The number of methoxy groups -OCH3 is 1. The first-order chi connectivity index (χ1) is 15.7. The Kier molecular flexibility index (Phi) is 8.71. The van der Waals surface area contributed by atoms with E-state index in [1.54, 1.807) is 13.2 Å². The van der Waals surface area contributed by atoms with Crippen LogP contribution in [0, 0.1) is 5.41 Å². The molecule has 0 fully saturated rings. The minimum Gasteiger partial charge on any atom is -0.493 e. The Morgan fingerprint density at radius 2 is 1.88 bits per heavy atom. The predicted octanol–water partition coefficient (Wildman–Crippen LogP) is 4.74. The van der Waals surface area contributed by atoms with Crippen molar-refractivity contribution in [2.24, 2.45) is 0 Å². The number of aromatic nitrogens is 2. The number of anilines is 2. The summed E-state index contributed by atoms with van der Waals surface area (Å²) in [5.41, 5.74) is 4.63. The molecule has 0 radical (unpaired) electrons. The number of pyridine rings is 2. The van der Waals surface area contributed by atoms with E-state index in [1.807, 2.05) is 42.5 Å². The molecular formula is C25H30N4O3. The van der Waals surface area contributed by atoms with Crippen LogP contribution < -0.4 is 10.1 Å². The fourth-order valence-corrected chi connectivity index (χ4v) is 3.34. The standard InChI is InChI=1S/C25H30N4O3/c1-3-7-19-8-4-10-22(27-19)18-14-23(29-25-11-5-9-20(17-30)28-25)21(16-26)24(15-18)32-13-6-12-31-2/h4-5,8-11,14-16,26,30H,3,6-7,12-13,17H2,1-2H3,(H,28,29). The molecule has 0 saturated heterocycles. The van der Waals surface area contributed by atoms with Crippen molar-refractivity contribution < 1.29 is 14.6 Å². The maximum atomic E-state index is 9.41. The lowest BCUT2D eigenvalue weighted by molar-refractivity contribution is 0.172. The number of rotatable bonds is 12. The molecule has 0 unspecified atom stereocenters. The van der Waals surface area contributed by atoms with Gasteiger partial charge in [-0.1, -0.05) is 25.5 Å². The molecule has 2 heterocycles. The van der Waals surface area contributed by atoms with Gasteiger partial charge in [-0.3, -0.25) is 4.98 Å². The molecule has 0 spiro atoms. The van der Waals surface area contributed by atoms with Crippen LogP contribution in [0.25, 0.3) is 11.3 Å². The molecule has 32 heavy (non-hydrogen) atoms. The van der Waals surface area contributed by atoms with Gasteiger partial charge in [0, 0.05) is 37.6 Å². The first kappa shape index (κ1) is 23.4. The Labute approximate surface area is 189 Å². The first-order valence-corrected chi connectivity index (χ1v) is 10.8. The Bertz CT molecular complexity index is 1040. The molecule has 2 aromatic heterocycles. The fraction of sp³-hybridized carbons (Fsp3) is 0.320. The smallest absolute Gasteiger partial charge is 0.130 e. The maximum Gasteiger partial charge on any atom is 0.130 e. The van der Waals surface area contributed by atoms with Gasteiger partial charge in [0.15, 0.2) is 0 Å². The SMILES string of the molecule is CCCc1cccc(-c2cc(Nc3cccc(CO)n3)c(C=N)c(OCCCOC)c2)n1. The minimum atomic E-state index is -0.144. The van der Waals surface area contributed by atoms with Gasteiger partial charge >= 0.3 is 0 Å². The lowest BCUT2D eigenvalue weighted by Crippen LogP contribution is -2.06. The number of ether oxygens (including phenoxy) is 2. The highest BCUT2D eigenvalue weighted by Gasteiger charge is 2.14. The summed E-state index contributed by atoms with van der Waals surface area (Å²) in [4.78, 5) is 9.22. The van der Waals surface area contributed by atoms with Gasteiger partial charge in [0.05, 0.1) is 35.9 Å². The molecule has 3 N–H and O–H groups in total. The summed E-state index contributed by atoms with van der Waals surface area (Å²) >= 11 is 0. The van der Waals surface area contributed by atoms with Gasteiger partial charge in [-0.2, -0.15) is 0 Å². The summed E-state index contributed by atoms with van der Waals surface area (Å²) in [5, 5.41) is 20.7. The van der Waals surface area contributed by atoms with E-state index in [0.717, 1.165) is 36.2 Å². The second kappa shape index (κ2) is 11.9. The molecule has 1 aromatic carbocycles. The Morgan fingerprint density at radius 3 is 2.62 bits per heavy atom. The van der Waals surface area contributed by atoms with Crippen LogP contribution in [0.1, 0.15) is 36.7 Å². The zero-order chi connectivity index (χ0) is 22.8. The second-order valence-corrected chi connectivity index (χ2v) is 7.34. The van der Waals surface area contributed by atoms with E-state index < -0.39 is 0 Å². The predicted molar refractivity (Wildman–Crippen MR) is 127 cm³/mol. The highest BCUT2D eigenvalue weighted by atomic mass is 16.5. The summed E-state index contributed by atoms with van der Waals surface area (Å²) in [5.74, 6) is 1.17. The average molecular weight is 435 g/mol. The number of aliphatic hydroxyl groups excluding tert-OH is 1. The largest absolute Gasteiger partial charge is 0.493 e. The van der Waals surface area contributed by atoms with Crippen LogP contribution in [0.5, 0.6) is 5.75 Å². The highest BCUT2D eigenvalue weighted by molar-refractivity contribution is 5.93. The van der Waals surface area contributed by atoms with E-state index in [4.69, 9.17) is 19.9 Å². The third-order valence-corrected chi connectivity index (χ3v) is 4.88. The van der Waals surface area contributed by atoms with Gasteiger partial charge < -0.3 is 25.3 Å². The summed E-state index contributed by atoms with van der Waals surface area (Å²) < 4.78 is 11.1. The number of nitrogens with one attached hydrogen (secondary N) is 2. The van der Waals surface area contributed by atoms with Crippen LogP contribution in [0.15, 0.2) is 48.5 Å². The molecule has 3 rings (SSSR count). The molecule has 0 bridgehead atoms. The fourth-order valence-electron chi connectivity index (χ4n) is 3.34. The van der Waals surface area contributed by atoms with Crippen molar-refractivity contribution in [2.75, 3.05) is 25.6 Å². The van der Waals surface area contributed by atoms with Crippen molar-refractivity contribution in [1.82, 2.24) is 9.97 Å². The van der Waals surface area contributed by atoms with Crippen LogP contribution in [0.4, 0.5) is 11.5 Å². The molecule has 0 saturated carbocycles. The van der Waals surface area contributed by atoms with E-state index in [2.05, 4.69) is 17.2 Å². The number of aryl methyl sites for hydroxylation is 1. The van der Waals surface area contributed by atoms with E-state index in [-0.39, 0.29) is 6.61 Å². The summed E-state index contributed by atoms with van der Waals surface area (Å²) in [6.07, 6.45) is 3.95. The van der Waals surface area contributed by atoms with Crippen LogP contribution in [0.3, 0.4) is 0 Å². The van der Waals surface area contributed by atoms with Gasteiger partial charge in [0.25, 0.3) is 0 Å². The van der Waals surface area contributed by atoms with Crippen LogP contribution in [0.2, 0.25) is 0 Å².